The average molecular weight is 521 g/mol. The molecule has 0 radical (unpaired) electrons. The monoisotopic (exact) mass is 520 g/mol. The predicted octanol–water partition coefficient (Wildman–Crippen LogP) is 3.72. The van der Waals surface area contributed by atoms with Gasteiger partial charge in [-0.15, -0.1) is 11.8 Å². The van der Waals surface area contributed by atoms with Crippen LogP contribution in [-0.2, 0) is 16.1 Å². The maximum atomic E-state index is 13.1. The van der Waals surface area contributed by atoms with Gasteiger partial charge in [0.25, 0.3) is 0 Å². The third kappa shape index (κ3) is 11.1. The number of nitrogens with zero attached hydrogens (tertiary/aromatic N) is 1. The number of piperidine rings is 1. The summed E-state index contributed by atoms with van der Waals surface area (Å²) in [6.07, 6.45) is 10.8. The van der Waals surface area contributed by atoms with Crippen LogP contribution in [0.2, 0.25) is 0 Å². The summed E-state index contributed by atoms with van der Waals surface area (Å²) in [5.41, 5.74) is 1.36. The summed E-state index contributed by atoms with van der Waals surface area (Å²) in [5.74, 6) is 3.58. The molecule has 2 amide bonds. The van der Waals surface area contributed by atoms with Gasteiger partial charge in [0.05, 0.1) is 6.54 Å². The molecule has 1 saturated heterocycles. The van der Waals surface area contributed by atoms with Crippen LogP contribution in [0, 0.1) is 11.8 Å². The van der Waals surface area contributed by atoms with Gasteiger partial charge in [0.2, 0.25) is 11.8 Å². The Morgan fingerprint density at radius 2 is 1.77 bits per heavy atom. The smallest absolute Gasteiger partial charge is 0.243 e. The summed E-state index contributed by atoms with van der Waals surface area (Å²) in [6, 6.07) is 10.2. The van der Waals surface area contributed by atoms with Crippen molar-refractivity contribution in [3.63, 3.8) is 0 Å². The summed E-state index contributed by atoms with van der Waals surface area (Å²) in [6.45, 7) is 4.07. The van der Waals surface area contributed by atoms with Crippen molar-refractivity contribution < 1.29 is 9.59 Å². The van der Waals surface area contributed by atoms with Crippen LogP contribution in [-0.4, -0.2) is 72.6 Å². The van der Waals surface area contributed by atoms with E-state index < -0.39 is 6.04 Å². The lowest BCUT2D eigenvalue weighted by molar-refractivity contribution is -0.128. The molecule has 0 bridgehead atoms. The van der Waals surface area contributed by atoms with Crippen molar-refractivity contribution in [3.8, 4) is 0 Å². The highest BCUT2D eigenvalue weighted by atomic mass is 32.2. The van der Waals surface area contributed by atoms with Crippen LogP contribution in [0.15, 0.2) is 30.3 Å². The van der Waals surface area contributed by atoms with E-state index in [9.17, 15) is 9.59 Å². The van der Waals surface area contributed by atoms with Gasteiger partial charge in [0.1, 0.15) is 6.04 Å². The molecule has 1 aromatic rings. The lowest BCUT2D eigenvalue weighted by Crippen LogP contribution is -2.51. The first kappa shape index (κ1) is 28.4. The molecular weight excluding hydrogens is 476 g/mol. The van der Waals surface area contributed by atoms with E-state index >= 15 is 0 Å². The number of carbonyl (C=O) groups is 2. The molecule has 1 saturated carbocycles. The fourth-order valence-corrected chi connectivity index (χ4v) is 6.54. The molecule has 1 aromatic carbocycles. The summed E-state index contributed by atoms with van der Waals surface area (Å²) in [5, 5.41) is 9.25. The Labute approximate surface area is 220 Å². The maximum absolute atomic E-state index is 13.1. The molecule has 1 aliphatic carbocycles. The highest BCUT2D eigenvalue weighted by Gasteiger charge is 2.24. The van der Waals surface area contributed by atoms with Crippen molar-refractivity contribution >= 4 is 35.3 Å². The average Bonchev–Trinajstić information content (AvgIpc) is 2.89. The van der Waals surface area contributed by atoms with Crippen LogP contribution in [0.4, 0.5) is 0 Å². The SMILES string of the molecule is CSCNCC(=O)NC(CSCC1CCCCC1)C(=O)NCC1CCN(Cc2ccccc2)CC1. The molecular formula is C27H44N4O2S2. The molecule has 1 atom stereocenters. The second-order valence-electron chi connectivity index (χ2n) is 9.97. The zero-order valence-electron chi connectivity index (χ0n) is 21.3. The summed E-state index contributed by atoms with van der Waals surface area (Å²) >= 11 is 3.47. The molecule has 1 aliphatic heterocycles. The lowest BCUT2D eigenvalue weighted by Gasteiger charge is -2.32. The van der Waals surface area contributed by atoms with Crippen molar-refractivity contribution in [2.24, 2.45) is 11.8 Å². The van der Waals surface area contributed by atoms with Crippen molar-refractivity contribution in [2.45, 2.75) is 57.5 Å². The third-order valence-electron chi connectivity index (χ3n) is 7.07. The van der Waals surface area contributed by atoms with E-state index in [1.807, 2.05) is 18.0 Å². The Hall–Kier alpha value is -1.22. The van der Waals surface area contributed by atoms with Crippen LogP contribution < -0.4 is 16.0 Å². The predicted molar refractivity (Wildman–Crippen MR) is 150 cm³/mol. The molecule has 1 unspecified atom stereocenters. The van der Waals surface area contributed by atoms with E-state index in [1.165, 1.54) is 37.7 Å². The molecule has 8 heteroatoms. The molecule has 35 heavy (non-hydrogen) atoms. The molecule has 2 aliphatic rings. The highest BCUT2D eigenvalue weighted by Crippen LogP contribution is 2.27. The number of nitrogens with one attached hydrogen (secondary N) is 3. The molecule has 0 spiro atoms. The highest BCUT2D eigenvalue weighted by molar-refractivity contribution is 7.99. The first-order valence-electron chi connectivity index (χ1n) is 13.2. The van der Waals surface area contributed by atoms with Crippen LogP contribution in [0.25, 0.3) is 0 Å². The summed E-state index contributed by atoms with van der Waals surface area (Å²) < 4.78 is 0. The number of hydrogen-bond acceptors (Lipinski definition) is 6. The fraction of sp³-hybridized carbons (Fsp3) is 0.704. The van der Waals surface area contributed by atoms with E-state index in [1.54, 1.807) is 11.8 Å². The first-order valence-corrected chi connectivity index (χ1v) is 15.8. The van der Waals surface area contributed by atoms with Gasteiger partial charge in [-0.1, -0.05) is 49.6 Å². The topological polar surface area (TPSA) is 73.5 Å². The summed E-state index contributed by atoms with van der Waals surface area (Å²) in [7, 11) is 0. The van der Waals surface area contributed by atoms with Gasteiger partial charge in [-0.25, -0.2) is 0 Å². The normalized spacial score (nSPS) is 18.8. The second kappa shape index (κ2) is 16.5. The Kier molecular flexibility index (Phi) is 13.4. The van der Waals surface area contributed by atoms with Crippen molar-refractivity contribution in [1.29, 1.82) is 0 Å². The Morgan fingerprint density at radius 3 is 2.49 bits per heavy atom. The van der Waals surface area contributed by atoms with Gasteiger partial charge in [-0.2, -0.15) is 11.8 Å². The molecule has 6 nitrogen and oxygen atoms in total. The van der Waals surface area contributed by atoms with Crippen LogP contribution in [0.5, 0.6) is 0 Å². The van der Waals surface area contributed by atoms with Crippen molar-refractivity contribution in [3.05, 3.63) is 35.9 Å². The van der Waals surface area contributed by atoms with E-state index in [2.05, 4.69) is 51.2 Å². The van der Waals surface area contributed by atoms with Gasteiger partial charge < -0.3 is 10.6 Å². The number of rotatable bonds is 14. The molecule has 196 valence electrons. The molecule has 3 N–H and O–H groups in total. The first-order chi connectivity index (χ1) is 17.1. The fourth-order valence-electron chi connectivity index (χ4n) is 4.96. The summed E-state index contributed by atoms with van der Waals surface area (Å²) in [4.78, 5) is 28.0. The quantitative estimate of drug-likeness (QED) is 0.257. The zero-order valence-corrected chi connectivity index (χ0v) is 22.9. The number of thioether (sulfide) groups is 2. The van der Waals surface area contributed by atoms with Crippen LogP contribution in [0.3, 0.4) is 0 Å². The maximum Gasteiger partial charge on any atom is 0.243 e. The lowest BCUT2D eigenvalue weighted by atomic mass is 9.91. The standard InChI is InChI=1S/C27H44N4O2S2/c1-34-21-28-17-26(32)30-25(20-35-19-24-10-6-3-7-11-24)27(33)29-16-22-12-14-31(15-13-22)18-23-8-4-2-5-9-23/h2,4-5,8-9,22,24-25,28H,3,6-7,10-21H2,1H3,(H,29,33)(H,30,32). The largest absolute Gasteiger partial charge is 0.354 e. The number of carbonyl (C=O) groups excluding carboxylic acids is 2. The van der Waals surface area contributed by atoms with Crippen molar-refractivity contribution in [2.75, 3.05) is 49.8 Å². The van der Waals surface area contributed by atoms with Gasteiger partial charge in [0.15, 0.2) is 0 Å². The molecule has 3 rings (SSSR count). The Balaban J connectivity index is 1.40. The minimum atomic E-state index is -0.467. The number of hydrogen-bond donors (Lipinski definition) is 3. The van der Waals surface area contributed by atoms with Gasteiger partial charge in [-0.3, -0.25) is 19.8 Å². The zero-order chi connectivity index (χ0) is 24.7. The van der Waals surface area contributed by atoms with E-state index in [0.29, 0.717) is 18.2 Å². The van der Waals surface area contributed by atoms with Gasteiger partial charge in [0, 0.05) is 24.7 Å². The Bertz CT molecular complexity index is 738. The van der Waals surface area contributed by atoms with E-state index in [0.717, 1.165) is 50.0 Å². The van der Waals surface area contributed by atoms with Crippen LogP contribution >= 0.6 is 23.5 Å². The van der Waals surface area contributed by atoms with E-state index in [4.69, 9.17) is 0 Å². The van der Waals surface area contributed by atoms with Crippen LogP contribution in [0.1, 0.15) is 50.5 Å². The second-order valence-corrected chi connectivity index (χ2v) is 11.9. The van der Waals surface area contributed by atoms with Gasteiger partial charge in [-0.05, 0) is 68.2 Å². The minimum Gasteiger partial charge on any atom is -0.354 e. The number of benzene rings is 1. The number of likely N-dealkylation sites (tertiary alicyclic amines) is 1. The van der Waals surface area contributed by atoms with Crippen molar-refractivity contribution in [1.82, 2.24) is 20.9 Å². The minimum absolute atomic E-state index is 0.0360. The molecule has 1 heterocycles. The molecule has 0 aromatic heterocycles. The molecule has 2 fully saturated rings. The van der Waals surface area contributed by atoms with E-state index in [-0.39, 0.29) is 18.4 Å². The van der Waals surface area contributed by atoms with Gasteiger partial charge >= 0.3 is 0 Å². The third-order valence-corrected chi connectivity index (χ3v) is 8.84. The Morgan fingerprint density at radius 1 is 1.03 bits per heavy atom. The number of amides is 2.